The normalized spacial score (nSPS) is 26.8. The second kappa shape index (κ2) is 7.46. The lowest BCUT2D eigenvalue weighted by Gasteiger charge is -2.40. The van der Waals surface area contributed by atoms with Gasteiger partial charge in [-0.1, -0.05) is 18.7 Å². The molecule has 0 bridgehead atoms. The van der Waals surface area contributed by atoms with E-state index in [0.29, 0.717) is 18.8 Å². The molecule has 1 unspecified atom stereocenters. The highest BCUT2D eigenvalue weighted by Gasteiger charge is 2.49. The first-order valence-corrected chi connectivity index (χ1v) is 11.5. The maximum absolute atomic E-state index is 13.2. The van der Waals surface area contributed by atoms with Crippen molar-refractivity contribution in [2.45, 2.75) is 38.4 Å². The van der Waals surface area contributed by atoms with Crippen molar-refractivity contribution in [3.05, 3.63) is 52.7 Å². The van der Waals surface area contributed by atoms with Crippen molar-refractivity contribution in [3.8, 4) is 0 Å². The zero-order valence-electron chi connectivity index (χ0n) is 18.2. The zero-order chi connectivity index (χ0) is 21.9. The molecule has 1 aromatic carbocycles. The van der Waals surface area contributed by atoms with Crippen LogP contribution in [0.1, 0.15) is 47.6 Å². The number of cyclic esters (lactones) is 1. The van der Waals surface area contributed by atoms with Crippen molar-refractivity contribution in [1.29, 1.82) is 0 Å². The minimum Gasteiger partial charge on any atom is -0.489 e. The second-order valence-electron chi connectivity index (χ2n) is 9.51. The van der Waals surface area contributed by atoms with Crippen LogP contribution in [0.25, 0.3) is 5.76 Å². The number of piperidine rings is 1. The number of rotatable bonds is 3. The minimum absolute atomic E-state index is 0.0505. The average Bonchev–Trinajstić information content (AvgIpc) is 3.49. The highest BCUT2D eigenvalue weighted by atomic mass is 16.5. The highest BCUT2D eigenvalue weighted by Crippen LogP contribution is 2.44. The number of amides is 1. The highest BCUT2D eigenvalue weighted by molar-refractivity contribution is 5.90. The number of fused-ring (bicyclic) bond motifs is 3. The first-order valence-electron chi connectivity index (χ1n) is 11.5. The van der Waals surface area contributed by atoms with Gasteiger partial charge in [0.25, 0.3) is 0 Å². The maximum Gasteiger partial charge on any atom is 0.333 e. The van der Waals surface area contributed by atoms with Gasteiger partial charge in [-0.3, -0.25) is 4.79 Å². The van der Waals surface area contributed by atoms with E-state index >= 15 is 0 Å². The van der Waals surface area contributed by atoms with Gasteiger partial charge in [0.15, 0.2) is 0 Å². The summed E-state index contributed by atoms with van der Waals surface area (Å²) in [4.78, 5) is 28.9. The molecule has 0 radical (unpaired) electrons. The molecule has 168 valence electrons. The number of hydrogen-bond donors (Lipinski definition) is 0. The molecular weight excluding hydrogens is 408 g/mol. The first kappa shape index (κ1) is 20.0. The fraction of sp³-hybridized carbons (Fsp3) is 0.520. The minimum atomic E-state index is -0.349. The molecule has 0 aromatic heterocycles. The summed E-state index contributed by atoms with van der Waals surface area (Å²) in [5, 5.41) is 0. The van der Waals surface area contributed by atoms with Crippen LogP contribution in [0.2, 0.25) is 0 Å². The van der Waals surface area contributed by atoms with E-state index in [-0.39, 0.29) is 30.0 Å². The fourth-order valence-corrected chi connectivity index (χ4v) is 5.99. The van der Waals surface area contributed by atoms with Crippen molar-refractivity contribution in [2.75, 3.05) is 39.4 Å². The molecule has 5 heterocycles. The summed E-state index contributed by atoms with van der Waals surface area (Å²) < 4.78 is 16.9. The smallest absolute Gasteiger partial charge is 0.333 e. The van der Waals surface area contributed by atoms with E-state index in [0.717, 1.165) is 63.2 Å². The summed E-state index contributed by atoms with van der Waals surface area (Å²) in [7, 11) is 0. The summed E-state index contributed by atoms with van der Waals surface area (Å²) in [5.74, 6) is 0.585. The number of carbonyl (C=O) groups is 2. The van der Waals surface area contributed by atoms with Crippen molar-refractivity contribution < 1.29 is 23.8 Å². The summed E-state index contributed by atoms with van der Waals surface area (Å²) in [5.41, 5.74) is 5.47. The lowest BCUT2D eigenvalue weighted by Crippen LogP contribution is -2.46. The quantitative estimate of drug-likeness (QED) is 0.679. The van der Waals surface area contributed by atoms with E-state index in [9.17, 15) is 9.59 Å². The number of esters is 1. The molecule has 0 saturated carbocycles. The van der Waals surface area contributed by atoms with Gasteiger partial charge >= 0.3 is 5.97 Å². The van der Waals surface area contributed by atoms with E-state index in [2.05, 4.69) is 23.6 Å². The van der Waals surface area contributed by atoms with E-state index < -0.39 is 0 Å². The Morgan fingerprint density at radius 3 is 2.62 bits per heavy atom. The number of nitrogens with zero attached hydrogens (tertiary/aromatic N) is 2. The predicted octanol–water partition coefficient (Wildman–Crippen LogP) is 2.56. The molecular formula is C25H28N2O5. The van der Waals surface area contributed by atoms with Crippen molar-refractivity contribution in [2.24, 2.45) is 5.41 Å². The van der Waals surface area contributed by atoms with E-state index in [1.807, 2.05) is 0 Å². The number of hydrogen-bond acceptors (Lipinski definition) is 6. The summed E-state index contributed by atoms with van der Waals surface area (Å²) in [6.07, 6.45) is 4.98. The van der Waals surface area contributed by atoms with Gasteiger partial charge in [0.1, 0.15) is 19.0 Å². The molecule has 7 nitrogen and oxygen atoms in total. The number of likely N-dealkylation sites (tertiary alicyclic amines) is 2. The Kier molecular flexibility index (Phi) is 4.66. The van der Waals surface area contributed by atoms with E-state index in [4.69, 9.17) is 14.2 Å². The van der Waals surface area contributed by atoms with Gasteiger partial charge in [0.2, 0.25) is 5.91 Å². The summed E-state index contributed by atoms with van der Waals surface area (Å²) >= 11 is 0. The van der Waals surface area contributed by atoms with Crippen molar-refractivity contribution in [1.82, 2.24) is 9.80 Å². The molecule has 0 N–H and O–H groups in total. The Hall–Kier alpha value is -2.64. The molecule has 1 amide bonds. The topological polar surface area (TPSA) is 68.3 Å². The van der Waals surface area contributed by atoms with Gasteiger partial charge in [0, 0.05) is 30.3 Å². The molecule has 7 heteroatoms. The number of benzene rings is 1. The van der Waals surface area contributed by atoms with Gasteiger partial charge in [-0.25, -0.2) is 4.79 Å². The fourth-order valence-electron chi connectivity index (χ4n) is 5.99. The summed E-state index contributed by atoms with van der Waals surface area (Å²) in [6, 6.07) is 4.30. The van der Waals surface area contributed by atoms with Crippen LogP contribution in [0.4, 0.5) is 0 Å². The molecule has 0 aliphatic carbocycles. The van der Waals surface area contributed by atoms with Crippen molar-refractivity contribution in [3.63, 3.8) is 0 Å². The van der Waals surface area contributed by atoms with Gasteiger partial charge in [-0.05, 0) is 49.9 Å². The third-order valence-electron chi connectivity index (χ3n) is 7.92. The average molecular weight is 437 g/mol. The van der Waals surface area contributed by atoms with Crippen LogP contribution >= 0.6 is 0 Å². The maximum atomic E-state index is 13.2. The standard InChI is InChI=1S/C25H28N2O5/c1-16-18-2-3-20-19(21(18)15-31-16)4-11-30-22(20)13-26-8-5-25(6-9-26)7-10-27(24(25)29)17-12-23(28)32-14-17/h2-3,12,22H,1,4-11,13-15H2. The third kappa shape index (κ3) is 3.10. The lowest BCUT2D eigenvalue weighted by molar-refractivity contribution is -0.138. The van der Waals surface area contributed by atoms with E-state index in [1.54, 1.807) is 4.90 Å². The monoisotopic (exact) mass is 436 g/mol. The zero-order valence-corrected chi connectivity index (χ0v) is 18.2. The third-order valence-corrected chi connectivity index (χ3v) is 7.92. The number of ether oxygens (including phenoxy) is 3. The molecule has 1 atom stereocenters. The van der Waals surface area contributed by atoms with Crippen LogP contribution < -0.4 is 0 Å². The molecule has 32 heavy (non-hydrogen) atoms. The molecule has 1 spiro atoms. The lowest BCUT2D eigenvalue weighted by atomic mass is 9.77. The molecule has 2 fully saturated rings. The molecule has 2 saturated heterocycles. The van der Waals surface area contributed by atoms with Gasteiger partial charge < -0.3 is 24.0 Å². The Balaban J connectivity index is 1.13. The molecule has 5 aliphatic heterocycles. The van der Waals surface area contributed by atoms with Crippen LogP contribution in [0.15, 0.2) is 30.5 Å². The second-order valence-corrected chi connectivity index (χ2v) is 9.51. The van der Waals surface area contributed by atoms with Crippen LogP contribution in [0.5, 0.6) is 0 Å². The summed E-state index contributed by atoms with van der Waals surface area (Å²) in [6.45, 7) is 8.85. The number of carbonyl (C=O) groups excluding carboxylic acids is 2. The molecule has 1 aromatic rings. The van der Waals surface area contributed by atoms with Gasteiger partial charge in [-0.2, -0.15) is 0 Å². The SMILES string of the molecule is C=C1OCc2c1ccc1c2CCOC1CN1CCC2(CC1)CCN(C1=CC(=O)OC1)C2=O. The Morgan fingerprint density at radius 1 is 1.03 bits per heavy atom. The van der Waals surface area contributed by atoms with E-state index in [1.165, 1.54) is 22.8 Å². The Morgan fingerprint density at radius 2 is 1.84 bits per heavy atom. The van der Waals surface area contributed by atoms with Gasteiger partial charge in [-0.15, -0.1) is 0 Å². The first-order chi connectivity index (χ1) is 15.5. The Bertz CT molecular complexity index is 1040. The van der Waals surface area contributed by atoms with Crippen LogP contribution in [-0.4, -0.2) is 61.1 Å². The van der Waals surface area contributed by atoms with Crippen LogP contribution in [0.3, 0.4) is 0 Å². The molecule has 5 aliphatic rings. The van der Waals surface area contributed by atoms with Crippen LogP contribution in [-0.2, 0) is 36.8 Å². The van der Waals surface area contributed by atoms with Crippen molar-refractivity contribution >= 4 is 17.6 Å². The van der Waals surface area contributed by atoms with Gasteiger partial charge in [0.05, 0.1) is 23.8 Å². The largest absolute Gasteiger partial charge is 0.489 e. The molecule has 6 rings (SSSR count). The Labute approximate surface area is 187 Å². The predicted molar refractivity (Wildman–Crippen MR) is 116 cm³/mol. The van der Waals surface area contributed by atoms with Crippen LogP contribution in [0, 0.1) is 5.41 Å².